The van der Waals surface area contributed by atoms with Crippen molar-refractivity contribution in [3.63, 3.8) is 0 Å². The van der Waals surface area contributed by atoms with E-state index in [1.165, 1.54) is 18.3 Å². The van der Waals surface area contributed by atoms with E-state index in [1.807, 2.05) is 0 Å². The number of aromatic nitrogens is 2. The third-order valence-corrected chi connectivity index (χ3v) is 5.25. The number of carbonyl (C=O) groups is 1. The van der Waals surface area contributed by atoms with Gasteiger partial charge in [-0.1, -0.05) is 24.1 Å². The van der Waals surface area contributed by atoms with Crippen LogP contribution in [0.4, 0.5) is 10.1 Å². The van der Waals surface area contributed by atoms with Crippen LogP contribution in [0.2, 0.25) is 10.4 Å². The molecule has 2 heterocycles. The minimum absolute atomic E-state index is 0.00429. The summed E-state index contributed by atoms with van der Waals surface area (Å²) in [5.74, 6) is -0.369. The maximum atomic E-state index is 13.7. The second kappa shape index (κ2) is 5.14. The molecule has 1 fully saturated rings. The number of nitrogens with zero attached hydrogens (tertiary/aromatic N) is 3. The molecule has 2 aliphatic rings. The molecule has 4 rings (SSSR count). The molecule has 0 saturated heterocycles. The Bertz CT molecular complexity index is 823. The molecule has 1 aliphatic carbocycles. The first-order valence-electron chi connectivity index (χ1n) is 7.30. The van der Waals surface area contributed by atoms with E-state index < -0.39 is 5.41 Å². The Labute approximate surface area is 142 Å². The van der Waals surface area contributed by atoms with Crippen molar-refractivity contribution in [2.45, 2.75) is 31.2 Å². The predicted octanol–water partition coefficient (Wildman–Crippen LogP) is 3.89. The third-order valence-electron chi connectivity index (χ3n) is 4.74. The minimum Gasteiger partial charge on any atom is -0.307 e. The van der Waals surface area contributed by atoms with Gasteiger partial charge in [0.15, 0.2) is 0 Å². The topological polar surface area (TPSA) is 46.1 Å². The zero-order valence-electron chi connectivity index (χ0n) is 12.0. The van der Waals surface area contributed by atoms with Crippen LogP contribution in [0.1, 0.15) is 30.4 Å². The number of halogens is 3. The molecule has 2 aromatic rings. The van der Waals surface area contributed by atoms with Crippen molar-refractivity contribution in [2.24, 2.45) is 0 Å². The van der Waals surface area contributed by atoms with Crippen LogP contribution in [-0.2, 0) is 16.8 Å². The minimum atomic E-state index is -0.497. The van der Waals surface area contributed by atoms with E-state index in [0.717, 1.165) is 24.8 Å². The van der Waals surface area contributed by atoms with Gasteiger partial charge < -0.3 is 4.90 Å². The number of benzene rings is 1. The van der Waals surface area contributed by atoms with Gasteiger partial charge >= 0.3 is 0 Å². The van der Waals surface area contributed by atoms with Crippen LogP contribution >= 0.6 is 23.2 Å². The van der Waals surface area contributed by atoms with Crippen LogP contribution in [-0.4, -0.2) is 15.9 Å². The standard InChI is InChI=1S/C16H12Cl2FN3O/c17-13-9(7-20-15(18)21-13)8-22-12-6-10(19)2-3-11(12)16(14(22)23)4-1-5-16/h2-3,6-7H,1,4-5,8H2. The van der Waals surface area contributed by atoms with Crippen LogP contribution in [0.15, 0.2) is 24.4 Å². The predicted molar refractivity (Wildman–Crippen MR) is 85.2 cm³/mol. The summed E-state index contributed by atoms with van der Waals surface area (Å²) >= 11 is 11.8. The van der Waals surface area contributed by atoms with Gasteiger partial charge in [0, 0.05) is 11.8 Å². The number of fused-ring (bicyclic) bond motifs is 2. The third kappa shape index (κ3) is 2.14. The van der Waals surface area contributed by atoms with Crippen LogP contribution in [0.3, 0.4) is 0 Å². The van der Waals surface area contributed by atoms with Gasteiger partial charge in [0.05, 0.1) is 17.6 Å². The first-order valence-corrected chi connectivity index (χ1v) is 8.06. The van der Waals surface area contributed by atoms with Gasteiger partial charge in [-0.15, -0.1) is 0 Å². The Morgan fingerprint density at radius 1 is 1.30 bits per heavy atom. The van der Waals surface area contributed by atoms with Gasteiger partial charge in [-0.2, -0.15) is 0 Å². The Hall–Kier alpha value is -1.72. The van der Waals surface area contributed by atoms with E-state index in [2.05, 4.69) is 9.97 Å². The van der Waals surface area contributed by atoms with Crippen LogP contribution < -0.4 is 4.90 Å². The summed E-state index contributed by atoms with van der Waals surface area (Å²) in [5.41, 5.74) is 1.60. The molecule has 1 saturated carbocycles. The highest BCUT2D eigenvalue weighted by Crippen LogP contribution is 2.53. The maximum Gasteiger partial charge on any atom is 0.238 e. The number of hydrogen-bond acceptors (Lipinski definition) is 3. The number of anilines is 1. The lowest BCUT2D eigenvalue weighted by atomic mass is 9.65. The van der Waals surface area contributed by atoms with Crippen molar-refractivity contribution < 1.29 is 9.18 Å². The summed E-state index contributed by atoms with van der Waals surface area (Å²) in [6.07, 6.45) is 4.09. The maximum absolute atomic E-state index is 13.7. The molecule has 118 valence electrons. The number of amides is 1. The van der Waals surface area contributed by atoms with Gasteiger partial charge in [-0.05, 0) is 42.1 Å². The summed E-state index contributed by atoms with van der Waals surface area (Å²) < 4.78 is 13.7. The van der Waals surface area contributed by atoms with Crippen LogP contribution in [0, 0.1) is 5.82 Å². The molecular formula is C16H12Cl2FN3O. The number of hydrogen-bond donors (Lipinski definition) is 0. The summed E-state index contributed by atoms with van der Waals surface area (Å²) in [7, 11) is 0. The highest BCUT2D eigenvalue weighted by Gasteiger charge is 2.54. The van der Waals surface area contributed by atoms with E-state index in [-0.39, 0.29) is 28.7 Å². The molecular weight excluding hydrogens is 340 g/mol. The van der Waals surface area contributed by atoms with Crippen molar-refractivity contribution in [2.75, 3.05) is 4.90 Å². The Kier molecular flexibility index (Phi) is 3.32. The lowest BCUT2D eigenvalue weighted by Gasteiger charge is -2.37. The van der Waals surface area contributed by atoms with Crippen molar-refractivity contribution in [3.8, 4) is 0 Å². The molecule has 0 bridgehead atoms. The fourth-order valence-electron chi connectivity index (χ4n) is 3.43. The average Bonchev–Trinajstić information content (AvgIpc) is 2.70. The summed E-state index contributed by atoms with van der Waals surface area (Å²) in [4.78, 5) is 22.3. The van der Waals surface area contributed by atoms with Crippen molar-refractivity contribution >= 4 is 34.8 Å². The molecule has 23 heavy (non-hydrogen) atoms. The second-order valence-corrected chi connectivity index (χ2v) is 6.64. The van der Waals surface area contributed by atoms with Crippen molar-refractivity contribution in [1.29, 1.82) is 0 Å². The monoisotopic (exact) mass is 351 g/mol. The SMILES string of the molecule is O=C1N(Cc2cnc(Cl)nc2Cl)c2cc(F)ccc2C12CCC2. The highest BCUT2D eigenvalue weighted by molar-refractivity contribution is 6.32. The molecule has 0 atom stereocenters. The van der Waals surface area contributed by atoms with Gasteiger partial charge in [0.2, 0.25) is 11.2 Å². The summed E-state index contributed by atoms with van der Waals surface area (Å²) in [6.45, 7) is 0.201. The largest absolute Gasteiger partial charge is 0.307 e. The molecule has 0 radical (unpaired) electrons. The van der Waals surface area contributed by atoms with E-state index in [4.69, 9.17) is 23.2 Å². The van der Waals surface area contributed by atoms with Crippen LogP contribution in [0.5, 0.6) is 0 Å². The molecule has 1 amide bonds. The van der Waals surface area contributed by atoms with Crippen molar-refractivity contribution in [1.82, 2.24) is 9.97 Å². The molecule has 1 aliphatic heterocycles. The first kappa shape index (κ1) is 14.8. The molecule has 0 N–H and O–H groups in total. The quantitative estimate of drug-likeness (QED) is 0.609. The first-order chi connectivity index (χ1) is 11.0. The van der Waals surface area contributed by atoms with E-state index in [9.17, 15) is 9.18 Å². The fourth-order valence-corrected chi connectivity index (χ4v) is 3.79. The molecule has 1 spiro atoms. The fraction of sp³-hybridized carbons (Fsp3) is 0.312. The second-order valence-electron chi connectivity index (χ2n) is 5.94. The van der Waals surface area contributed by atoms with E-state index in [0.29, 0.717) is 11.3 Å². The zero-order valence-corrected chi connectivity index (χ0v) is 13.5. The molecule has 0 unspecified atom stereocenters. The Morgan fingerprint density at radius 2 is 2.09 bits per heavy atom. The number of carbonyl (C=O) groups excluding carboxylic acids is 1. The Morgan fingerprint density at radius 3 is 2.74 bits per heavy atom. The highest BCUT2D eigenvalue weighted by atomic mass is 35.5. The summed E-state index contributed by atoms with van der Waals surface area (Å²) in [5, 5.41) is 0.249. The van der Waals surface area contributed by atoms with Gasteiger partial charge in [0.1, 0.15) is 11.0 Å². The van der Waals surface area contributed by atoms with Crippen LogP contribution in [0.25, 0.3) is 0 Å². The molecule has 1 aromatic heterocycles. The normalized spacial score (nSPS) is 18.2. The van der Waals surface area contributed by atoms with E-state index >= 15 is 0 Å². The van der Waals surface area contributed by atoms with Crippen molar-refractivity contribution in [3.05, 3.63) is 51.8 Å². The zero-order chi connectivity index (χ0) is 16.2. The average molecular weight is 352 g/mol. The lowest BCUT2D eigenvalue weighted by Crippen LogP contribution is -2.44. The molecule has 1 aromatic carbocycles. The Balaban J connectivity index is 1.77. The smallest absolute Gasteiger partial charge is 0.238 e. The summed E-state index contributed by atoms with van der Waals surface area (Å²) in [6, 6.07) is 4.54. The molecule has 4 nitrogen and oxygen atoms in total. The van der Waals surface area contributed by atoms with E-state index in [1.54, 1.807) is 11.0 Å². The number of rotatable bonds is 2. The lowest BCUT2D eigenvalue weighted by molar-refractivity contribution is -0.126. The van der Waals surface area contributed by atoms with Gasteiger partial charge in [0.25, 0.3) is 0 Å². The van der Waals surface area contributed by atoms with Gasteiger partial charge in [-0.25, -0.2) is 14.4 Å². The van der Waals surface area contributed by atoms with Gasteiger partial charge in [-0.3, -0.25) is 4.79 Å². The molecule has 7 heteroatoms.